The second-order valence-corrected chi connectivity index (χ2v) is 6.61. The standard InChI is InChI=1S/C23H19N3O4/c1-14(27)16-3-8-19(9-4-16)25-22(29)18-7-12-21(24-13-18)23(30)26-20-10-5-17(6-11-20)15(2)28/h3-13H,1-2H3,(H,25,29)(H,26,30). The zero-order chi connectivity index (χ0) is 21.7. The van der Waals surface area contributed by atoms with E-state index in [1.807, 2.05) is 0 Å². The van der Waals surface area contributed by atoms with E-state index in [4.69, 9.17) is 0 Å². The van der Waals surface area contributed by atoms with Gasteiger partial charge in [0.2, 0.25) is 0 Å². The first-order valence-corrected chi connectivity index (χ1v) is 9.14. The molecule has 0 saturated carbocycles. The average molecular weight is 401 g/mol. The van der Waals surface area contributed by atoms with E-state index < -0.39 is 5.91 Å². The van der Waals surface area contributed by atoms with E-state index in [-0.39, 0.29) is 28.7 Å². The largest absolute Gasteiger partial charge is 0.322 e. The van der Waals surface area contributed by atoms with E-state index in [1.54, 1.807) is 48.5 Å². The van der Waals surface area contributed by atoms with Gasteiger partial charge in [-0.3, -0.25) is 24.2 Å². The zero-order valence-electron chi connectivity index (χ0n) is 16.4. The summed E-state index contributed by atoms with van der Waals surface area (Å²) in [7, 11) is 0. The minimum absolute atomic E-state index is 0.0549. The van der Waals surface area contributed by atoms with Gasteiger partial charge < -0.3 is 10.6 Å². The molecule has 150 valence electrons. The van der Waals surface area contributed by atoms with Crippen LogP contribution in [-0.4, -0.2) is 28.4 Å². The SMILES string of the molecule is CC(=O)c1ccc(NC(=O)c2ccc(C(=O)Nc3ccc(C(C)=O)cc3)nc2)cc1. The van der Waals surface area contributed by atoms with Crippen molar-refractivity contribution in [2.45, 2.75) is 13.8 Å². The van der Waals surface area contributed by atoms with Crippen molar-refractivity contribution in [2.24, 2.45) is 0 Å². The topological polar surface area (TPSA) is 105 Å². The highest BCUT2D eigenvalue weighted by molar-refractivity contribution is 6.06. The highest BCUT2D eigenvalue weighted by Gasteiger charge is 2.12. The van der Waals surface area contributed by atoms with E-state index in [2.05, 4.69) is 15.6 Å². The molecule has 7 heteroatoms. The Hall–Kier alpha value is -4.13. The van der Waals surface area contributed by atoms with Crippen LogP contribution in [0.1, 0.15) is 55.4 Å². The third-order valence-corrected chi connectivity index (χ3v) is 4.36. The quantitative estimate of drug-likeness (QED) is 0.608. The number of rotatable bonds is 6. The molecule has 0 atom stereocenters. The molecule has 3 aromatic rings. The molecule has 0 saturated heterocycles. The van der Waals surface area contributed by atoms with E-state index in [0.717, 1.165) is 0 Å². The van der Waals surface area contributed by atoms with Crippen molar-refractivity contribution < 1.29 is 19.2 Å². The van der Waals surface area contributed by atoms with E-state index in [0.29, 0.717) is 22.5 Å². The van der Waals surface area contributed by atoms with E-state index >= 15 is 0 Å². The Morgan fingerprint density at radius 3 is 1.43 bits per heavy atom. The normalized spacial score (nSPS) is 10.2. The number of amides is 2. The van der Waals surface area contributed by atoms with Crippen LogP contribution in [-0.2, 0) is 0 Å². The number of pyridine rings is 1. The van der Waals surface area contributed by atoms with Crippen molar-refractivity contribution in [1.82, 2.24) is 4.98 Å². The first-order valence-electron chi connectivity index (χ1n) is 9.14. The van der Waals surface area contributed by atoms with Gasteiger partial charge in [-0.1, -0.05) is 0 Å². The Kier molecular flexibility index (Phi) is 6.12. The molecule has 2 aromatic carbocycles. The lowest BCUT2D eigenvalue weighted by molar-refractivity contribution is 0.100. The first kappa shape index (κ1) is 20.6. The molecule has 2 N–H and O–H groups in total. The zero-order valence-corrected chi connectivity index (χ0v) is 16.4. The maximum atomic E-state index is 12.3. The summed E-state index contributed by atoms with van der Waals surface area (Å²) in [5, 5.41) is 5.40. The average Bonchev–Trinajstić information content (AvgIpc) is 2.74. The summed E-state index contributed by atoms with van der Waals surface area (Å²) < 4.78 is 0. The molecule has 0 radical (unpaired) electrons. The predicted octanol–water partition coefficient (Wildman–Crippen LogP) is 3.99. The van der Waals surface area contributed by atoms with Gasteiger partial charge in [0, 0.05) is 28.7 Å². The molecule has 0 unspecified atom stereocenters. The first-order chi connectivity index (χ1) is 14.3. The summed E-state index contributed by atoms with van der Waals surface area (Å²) in [6.45, 7) is 2.94. The Labute approximate surface area is 173 Å². The monoisotopic (exact) mass is 401 g/mol. The van der Waals surface area contributed by atoms with Crippen LogP contribution in [0.3, 0.4) is 0 Å². The summed E-state index contributed by atoms with van der Waals surface area (Å²) in [6.07, 6.45) is 1.31. The Bertz CT molecular complexity index is 1010. The third kappa shape index (κ3) is 5.02. The van der Waals surface area contributed by atoms with Gasteiger partial charge in [-0.2, -0.15) is 0 Å². The van der Waals surface area contributed by atoms with Crippen molar-refractivity contribution in [3.05, 3.63) is 89.2 Å². The number of anilines is 2. The second-order valence-electron chi connectivity index (χ2n) is 6.61. The highest BCUT2D eigenvalue weighted by Crippen LogP contribution is 2.14. The van der Waals surface area contributed by atoms with Crippen LogP contribution in [0.4, 0.5) is 11.4 Å². The molecule has 1 heterocycles. The molecule has 0 bridgehead atoms. The maximum Gasteiger partial charge on any atom is 0.274 e. The highest BCUT2D eigenvalue weighted by atomic mass is 16.2. The lowest BCUT2D eigenvalue weighted by atomic mass is 10.1. The van der Waals surface area contributed by atoms with E-state index in [1.165, 1.54) is 32.2 Å². The fourth-order valence-electron chi connectivity index (χ4n) is 2.64. The lowest BCUT2D eigenvalue weighted by Crippen LogP contribution is -2.16. The summed E-state index contributed by atoms with van der Waals surface area (Å²) in [6, 6.07) is 16.0. The van der Waals surface area contributed by atoms with Crippen molar-refractivity contribution in [2.75, 3.05) is 10.6 Å². The maximum absolute atomic E-state index is 12.3. The van der Waals surface area contributed by atoms with E-state index in [9.17, 15) is 19.2 Å². The number of carbonyl (C=O) groups is 4. The summed E-state index contributed by atoms with van der Waals surface area (Å²) >= 11 is 0. The molecule has 1 aromatic heterocycles. The summed E-state index contributed by atoms with van der Waals surface area (Å²) in [5.74, 6) is -0.929. The number of hydrogen-bond acceptors (Lipinski definition) is 5. The van der Waals surface area contributed by atoms with Gasteiger partial charge in [-0.05, 0) is 74.5 Å². The molecule has 0 spiro atoms. The van der Waals surface area contributed by atoms with Gasteiger partial charge in [0.15, 0.2) is 11.6 Å². The number of hydrogen-bond donors (Lipinski definition) is 2. The van der Waals surface area contributed by atoms with Crippen molar-refractivity contribution in [1.29, 1.82) is 0 Å². The van der Waals surface area contributed by atoms with Crippen LogP contribution in [0.25, 0.3) is 0 Å². The van der Waals surface area contributed by atoms with Crippen molar-refractivity contribution >= 4 is 34.8 Å². The molecule has 0 aliphatic heterocycles. The number of aromatic nitrogens is 1. The minimum atomic E-state index is -0.433. The number of nitrogens with one attached hydrogen (secondary N) is 2. The lowest BCUT2D eigenvalue weighted by Gasteiger charge is -2.07. The molecule has 3 rings (SSSR count). The number of nitrogens with zero attached hydrogens (tertiary/aromatic N) is 1. The van der Waals surface area contributed by atoms with Crippen LogP contribution in [0.2, 0.25) is 0 Å². The summed E-state index contributed by atoms with van der Waals surface area (Å²) in [5.41, 5.74) is 2.61. The molecular weight excluding hydrogens is 382 g/mol. The van der Waals surface area contributed by atoms with Gasteiger partial charge >= 0.3 is 0 Å². The van der Waals surface area contributed by atoms with Crippen molar-refractivity contribution in [3.63, 3.8) is 0 Å². The van der Waals surface area contributed by atoms with Crippen LogP contribution in [0.5, 0.6) is 0 Å². The molecule has 7 nitrogen and oxygen atoms in total. The van der Waals surface area contributed by atoms with Gasteiger partial charge in [-0.15, -0.1) is 0 Å². The Morgan fingerprint density at radius 1 is 0.600 bits per heavy atom. The van der Waals surface area contributed by atoms with Gasteiger partial charge in [0.25, 0.3) is 11.8 Å². The summed E-state index contributed by atoms with van der Waals surface area (Å²) in [4.78, 5) is 51.3. The third-order valence-electron chi connectivity index (χ3n) is 4.36. The fourth-order valence-corrected chi connectivity index (χ4v) is 2.64. The number of Topliss-reactive ketones (excluding diaryl/α,β-unsaturated/α-hetero) is 2. The molecule has 0 fully saturated rings. The molecule has 2 amide bonds. The van der Waals surface area contributed by atoms with Crippen LogP contribution in [0, 0.1) is 0 Å². The number of ketones is 2. The molecule has 0 aliphatic carbocycles. The second kappa shape index (κ2) is 8.91. The van der Waals surface area contributed by atoms with Gasteiger partial charge in [-0.25, -0.2) is 0 Å². The van der Waals surface area contributed by atoms with Gasteiger partial charge in [0.05, 0.1) is 5.56 Å². The number of benzene rings is 2. The van der Waals surface area contributed by atoms with Crippen LogP contribution < -0.4 is 10.6 Å². The molecular formula is C23H19N3O4. The van der Waals surface area contributed by atoms with Gasteiger partial charge in [0.1, 0.15) is 5.69 Å². The predicted molar refractivity (Wildman–Crippen MR) is 113 cm³/mol. The smallest absolute Gasteiger partial charge is 0.274 e. The Balaban J connectivity index is 1.63. The molecule has 0 aliphatic rings. The minimum Gasteiger partial charge on any atom is -0.322 e. The number of carbonyl (C=O) groups excluding carboxylic acids is 4. The molecule has 30 heavy (non-hydrogen) atoms. The van der Waals surface area contributed by atoms with Crippen molar-refractivity contribution in [3.8, 4) is 0 Å². The fraction of sp³-hybridized carbons (Fsp3) is 0.0870. The Morgan fingerprint density at radius 2 is 1.03 bits per heavy atom. The van der Waals surface area contributed by atoms with Crippen LogP contribution >= 0.6 is 0 Å². The van der Waals surface area contributed by atoms with Crippen LogP contribution in [0.15, 0.2) is 66.9 Å².